The molecule has 0 aliphatic rings. The summed E-state index contributed by atoms with van der Waals surface area (Å²) >= 11 is 0. The number of amidine groups is 1. The van der Waals surface area contributed by atoms with Crippen LogP contribution < -0.4 is 16.4 Å². The van der Waals surface area contributed by atoms with Gasteiger partial charge in [0.2, 0.25) is 5.95 Å². The first kappa shape index (κ1) is 15.6. The minimum atomic E-state index is -0.109. The molecule has 0 unspecified atom stereocenters. The molecule has 0 aliphatic heterocycles. The van der Waals surface area contributed by atoms with Crippen molar-refractivity contribution in [3.8, 4) is 0 Å². The Bertz CT molecular complexity index is 844. The maximum absolute atomic E-state index is 10.3. The third-order valence-corrected chi connectivity index (χ3v) is 3.55. The summed E-state index contributed by atoms with van der Waals surface area (Å²) in [7, 11) is 0. The molecular weight excluding hydrogens is 306 g/mol. The molecule has 0 aliphatic carbocycles. The number of benzene rings is 1. The van der Waals surface area contributed by atoms with E-state index in [9.17, 15) is 5.21 Å². The van der Waals surface area contributed by atoms with Crippen molar-refractivity contribution in [3.63, 3.8) is 0 Å². The topological polar surface area (TPSA) is 125 Å². The number of rotatable bonds is 7. The van der Waals surface area contributed by atoms with Gasteiger partial charge in [0.05, 0.1) is 5.52 Å². The van der Waals surface area contributed by atoms with Crippen LogP contribution in [-0.4, -0.2) is 38.8 Å². The van der Waals surface area contributed by atoms with Crippen LogP contribution in [0, 0.1) is 5.41 Å². The molecule has 2 heterocycles. The van der Waals surface area contributed by atoms with Crippen molar-refractivity contribution in [2.45, 2.75) is 6.42 Å². The largest absolute Gasteiger partial charge is 0.425 e. The lowest BCUT2D eigenvalue weighted by atomic mass is 10.2. The number of nitrogens with one attached hydrogen (secondary N) is 3. The minimum absolute atomic E-state index is 0.109. The predicted molar refractivity (Wildman–Crippen MR) is 93.8 cm³/mol. The van der Waals surface area contributed by atoms with E-state index in [1.807, 2.05) is 18.2 Å². The molecule has 0 bridgehead atoms. The number of hydrogen-bond donors (Lipinski definition) is 5. The molecular formula is C16H19N7O. The third-order valence-electron chi connectivity index (χ3n) is 3.55. The smallest absolute Gasteiger partial charge is 0.237 e. The average molecular weight is 325 g/mol. The summed E-state index contributed by atoms with van der Waals surface area (Å²) in [6, 6.07) is 10.9. The van der Waals surface area contributed by atoms with E-state index in [-0.39, 0.29) is 5.84 Å². The molecule has 0 fully saturated rings. The second kappa shape index (κ2) is 6.86. The molecule has 1 aromatic carbocycles. The van der Waals surface area contributed by atoms with Crippen LogP contribution in [0.5, 0.6) is 0 Å². The van der Waals surface area contributed by atoms with Gasteiger partial charge in [-0.3, -0.25) is 5.41 Å². The van der Waals surface area contributed by atoms with Crippen LogP contribution in [0.15, 0.2) is 42.6 Å². The van der Waals surface area contributed by atoms with Crippen LogP contribution in [0.3, 0.4) is 0 Å². The van der Waals surface area contributed by atoms with Gasteiger partial charge in [0, 0.05) is 24.8 Å². The first-order valence-corrected chi connectivity index (χ1v) is 7.60. The highest BCUT2D eigenvalue weighted by Crippen LogP contribution is 2.21. The summed E-state index contributed by atoms with van der Waals surface area (Å²) in [5.41, 5.74) is 7.01. The van der Waals surface area contributed by atoms with Crippen LogP contribution in [-0.2, 0) is 0 Å². The van der Waals surface area contributed by atoms with Crippen molar-refractivity contribution in [2.75, 3.05) is 23.7 Å². The van der Waals surface area contributed by atoms with Crippen LogP contribution in [0.25, 0.3) is 11.0 Å². The highest BCUT2D eigenvalue weighted by atomic mass is 16.5. The van der Waals surface area contributed by atoms with Gasteiger partial charge in [-0.05, 0) is 30.7 Å². The zero-order chi connectivity index (χ0) is 16.9. The van der Waals surface area contributed by atoms with Crippen molar-refractivity contribution in [1.29, 1.82) is 5.41 Å². The summed E-state index contributed by atoms with van der Waals surface area (Å²) in [5.74, 6) is 1.05. The van der Waals surface area contributed by atoms with Crippen molar-refractivity contribution in [2.24, 2.45) is 5.73 Å². The Balaban J connectivity index is 1.61. The molecule has 0 amide bonds. The highest BCUT2D eigenvalue weighted by Gasteiger charge is 2.14. The maximum Gasteiger partial charge on any atom is 0.237 e. The molecule has 8 heteroatoms. The molecule has 3 aromatic rings. The molecule has 2 aromatic heterocycles. The van der Waals surface area contributed by atoms with E-state index < -0.39 is 0 Å². The molecule has 0 saturated heterocycles. The molecule has 3 rings (SSSR count). The monoisotopic (exact) mass is 325 g/mol. The Morgan fingerprint density at radius 2 is 2.00 bits per heavy atom. The van der Waals surface area contributed by atoms with Crippen molar-refractivity contribution >= 4 is 28.6 Å². The van der Waals surface area contributed by atoms with E-state index in [1.165, 1.54) is 0 Å². The van der Waals surface area contributed by atoms with Gasteiger partial charge in [0.15, 0.2) is 0 Å². The number of hydrogen-bond acceptors (Lipinski definition) is 6. The number of pyridine rings is 1. The van der Waals surface area contributed by atoms with Crippen LogP contribution >= 0.6 is 0 Å². The van der Waals surface area contributed by atoms with E-state index in [1.54, 1.807) is 24.4 Å². The molecule has 24 heavy (non-hydrogen) atoms. The van der Waals surface area contributed by atoms with Crippen molar-refractivity contribution < 1.29 is 5.21 Å². The van der Waals surface area contributed by atoms with Crippen molar-refractivity contribution in [3.05, 3.63) is 48.2 Å². The van der Waals surface area contributed by atoms with Crippen LogP contribution in [0.1, 0.15) is 12.0 Å². The highest BCUT2D eigenvalue weighted by molar-refractivity contribution is 6.06. The lowest BCUT2D eigenvalue weighted by molar-refractivity contribution is 0.203. The quantitative estimate of drug-likeness (QED) is 0.195. The molecule has 0 spiro atoms. The third kappa shape index (κ3) is 3.22. The Kier molecular flexibility index (Phi) is 4.46. The van der Waals surface area contributed by atoms with E-state index in [0.29, 0.717) is 29.1 Å². The van der Waals surface area contributed by atoms with Gasteiger partial charge in [0.1, 0.15) is 17.2 Å². The summed E-state index contributed by atoms with van der Waals surface area (Å²) in [6.45, 7) is 1.37. The molecule has 6 N–H and O–H groups in total. The Morgan fingerprint density at radius 3 is 2.75 bits per heavy atom. The van der Waals surface area contributed by atoms with Gasteiger partial charge in [-0.2, -0.15) is 0 Å². The van der Waals surface area contributed by atoms with E-state index in [2.05, 4.69) is 20.6 Å². The number of nitrogens with zero attached hydrogens (tertiary/aromatic N) is 3. The molecule has 0 atom stereocenters. The number of nitrogens with two attached hydrogens (primary N) is 1. The fourth-order valence-corrected chi connectivity index (χ4v) is 2.42. The second-order valence-electron chi connectivity index (χ2n) is 5.26. The van der Waals surface area contributed by atoms with E-state index in [0.717, 1.165) is 23.5 Å². The van der Waals surface area contributed by atoms with Gasteiger partial charge >= 0.3 is 0 Å². The number of nitrogen functional groups attached to an aromatic ring is 1. The van der Waals surface area contributed by atoms with E-state index in [4.69, 9.17) is 11.1 Å². The Morgan fingerprint density at radius 1 is 1.17 bits per heavy atom. The van der Waals surface area contributed by atoms with Crippen molar-refractivity contribution in [1.82, 2.24) is 14.7 Å². The first-order chi connectivity index (χ1) is 11.7. The Hall–Kier alpha value is -3.29. The lowest BCUT2D eigenvalue weighted by Crippen LogP contribution is -2.14. The Labute approximate surface area is 138 Å². The second-order valence-corrected chi connectivity index (χ2v) is 5.26. The minimum Gasteiger partial charge on any atom is -0.425 e. The molecule has 8 nitrogen and oxygen atoms in total. The normalized spacial score (nSPS) is 10.7. The summed E-state index contributed by atoms with van der Waals surface area (Å²) < 4.78 is 0.943. The standard InChI is InChI=1S/C16H19N7O/c17-15(18)11-5-3-6-12-14(11)23(24)16(22-12)21-10-4-9-20-13-7-1-2-8-19-13/h1-3,5-8,24H,4,9-10H2,(H3,17,18)(H,19,20)(H,21,22). The van der Waals surface area contributed by atoms with Gasteiger partial charge in [-0.1, -0.05) is 12.1 Å². The number of anilines is 2. The molecule has 0 radical (unpaired) electrons. The average Bonchev–Trinajstić information content (AvgIpc) is 2.92. The first-order valence-electron chi connectivity index (χ1n) is 7.60. The number of fused-ring (bicyclic) bond motifs is 1. The zero-order valence-corrected chi connectivity index (χ0v) is 13.0. The SMILES string of the molecule is N=C(N)c1cccc2nc(NCCCNc3ccccn3)n(O)c12. The summed E-state index contributed by atoms with van der Waals surface area (Å²) in [5, 5.41) is 24.2. The fourth-order valence-electron chi connectivity index (χ4n) is 2.42. The number of para-hydroxylation sites is 1. The molecule has 124 valence electrons. The summed E-state index contributed by atoms with van der Waals surface area (Å²) in [6.07, 6.45) is 2.56. The maximum atomic E-state index is 10.3. The predicted octanol–water partition coefficient (Wildman–Crippen LogP) is 1.87. The van der Waals surface area contributed by atoms with Gasteiger partial charge in [0.25, 0.3) is 0 Å². The number of imidazole rings is 1. The van der Waals surface area contributed by atoms with Gasteiger partial charge < -0.3 is 21.6 Å². The number of aromatic nitrogens is 3. The lowest BCUT2D eigenvalue weighted by Gasteiger charge is -2.07. The molecule has 0 saturated carbocycles. The van der Waals surface area contributed by atoms with Crippen LogP contribution in [0.2, 0.25) is 0 Å². The van der Waals surface area contributed by atoms with Gasteiger partial charge in [-0.15, -0.1) is 4.73 Å². The van der Waals surface area contributed by atoms with Gasteiger partial charge in [-0.25, -0.2) is 9.97 Å². The zero-order valence-electron chi connectivity index (χ0n) is 13.0. The van der Waals surface area contributed by atoms with E-state index >= 15 is 0 Å². The fraction of sp³-hybridized carbons (Fsp3) is 0.188. The summed E-state index contributed by atoms with van der Waals surface area (Å²) in [4.78, 5) is 8.51. The van der Waals surface area contributed by atoms with Crippen LogP contribution in [0.4, 0.5) is 11.8 Å².